The van der Waals surface area contributed by atoms with E-state index in [9.17, 15) is 10.1 Å². The molecule has 4 nitrogen and oxygen atoms in total. The predicted molar refractivity (Wildman–Crippen MR) is 60.6 cm³/mol. The van der Waals surface area contributed by atoms with Crippen molar-refractivity contribution in [3.8, 4) is 5.75 Å². The van der Waals surface area contributed by atoms with Crippen LogP contribution in [0.1, 0.15) is 32.1 Å². The molecule has 86 valence electrons. The van der Waals surface area contributed by atoms with Crippen molar-refractivity contribution in [2.75, 3.05) is 0 Å². The Morgan fingerprint density at radius 3 is 2.31 bits per heavy atom. The van der Waals surface area contributed by atoms with E-state index < -0.39 is 4.92 Å². The van der Waals surface area contributed by atoms with Crippen molar-refractivity contribution in [3.63, 3.8) is 0 Å². The Labute approximate surface area is 94.4 Å². The van der Waals surface area contributed by atoms with Gasteiger partial charge in [0.1, 0.15) is 5.75 Å². The zero-order valence-electron chi connectivity index (χ0n) is 9.09. The summed E-state index contributed by atoms with van der Waals surface area (Å²) in [6.07, 6.45) is 6.21. The smallest absolute Gasteiger partial charge is 0.269 e. The second-order valence-electron chi connectivity index (χ2n) is 4.13. The van der Waals surface area contributed by atoms with Gasteiger partial charge >= 0.3 is 0 Å². The summed E-state index contributed by atoms with van der Waals surface area (Å²) in [7, 11) is 0. The molecular formula is C12H15NO3. The molecule has 0 aromatic heterocycles. The molecule has 0 aliphatic heterocycles. The van der Waals surface area contributed by atoms with Crippen LogP contribution in [0.2, 0.25) is 0 Å². The monoisotopic (exact) mass is 221 g/mol. The van der Waals surface area contributed by atoms with Gasteiger partial charge in [0.25, 0.3) is 5.69 Å². The van der Waals surface area contributed by atoms with E-state index in [2.05, 4.69) is 0 Å². The predicted octanol–water partition coefficient (Wildman–Crippen LogP) is 3.31. The SMILES string of the molecule is O=[N+]([O-])c1ccc(OC2CCCCC2)cc1. The zero-order chi connectivity index (χ0) is 11.4. The van der Waals surface area contributed by atoms with Crippen LogP contribution in [-0.4, -0.2) is 11.0 Å². The van der Waals surface area contributed by atoms with Gasteiger partial charge < -0.3 is 4.74 Å². The lowest BCUT2D eigenvalue weighted by molar-refractivity contribution is -0.384. The molecule has 4 heteroatoms. The highest BCUT2D eigenvalue weighted by atomic mass is 16.6. The zero-order valence-corrected chi connectivity index (χ0v) is 9.09. The van der Waals surface area contributed by atoms with E-state index in [0.717, 1.165) is 18.6 Å². The first kappa shape index (κ1) is 10.9. The average molecular weight is 221 g/mol. The number of non-ortho nitro benzene ring substituents is 1. The standard InChI is InChI=1S/C12H15NO3/c14-13(15)10-6-8-12(9-7-10)16-11-4-2-1-3-5-11/h6-9,11H,1-5H2. The number of rotatable bonds is 3. The summed E-state index contributed by atoms with van der Waals surface area (Å²) >= 11 is 0. The van der Waals surface area contributed by atoms with E-state index in [1.807, 2.05) is 0 Å². The van der Waals surface area contributed by atoms with Gasteiger partial charge in [-0.25, -0.2) is 0 Å². The van der Waals surface area contributed by atoms with Crippen LogP contribution in [0.4, 0.5) is 5.69 Å². The van der Waals surface area contributed by atoms with E-state index in [1.54, 1.807) is 12.1 Å². The largest absolute Gasteiger partial charge is 0.490 e. The first-order valence-electron chi connectivity index (χ1n) is 5.67. The summed E-state index contributed by atoms with van der Waals surface area (Å²) in [6, 6.07) is 6.32. The summed E-state index contributed by atoms with van der Waals surface area (Å²) in [5.74, 6) is 0.734. The molecule has 0 N–H and O–H groups in total. The van der Waals surface area contributed by atoms with Gasteiger partial charge in [-0.05, 0) is 37.8 Å². The van der Waals surface area contributed by atoms with Gasteiger partial charge in [-0.1, -0.05) is 6.42 Å². The highest BCUT2D eigenvalue weighted by Crippen LogP contribution is 2.24. The van der Waals surface area contributed by atoms with Gasteiger partial charge in [0.2, 0.25) is 0 Å². The van der Waals surface area contributed by atoms with Gasteiger partial charge in [-0.2, -0.15) is 0 Å². The Morgan fingerprint density at radius 1 is 1.12 bits per heavy atom. The first-order valence-corrected chi connectivity index (χ1v) is 5.67. The van der Waals surface area contributed by atoms with Crippen LogP contribution in [0.5, 0.6) is 5.75 Å². The maximum atomic E-state index is 10.5. The van der Waals surface area contributed by atoms with Crippen molar-refractivity contribution in [2.24, 2.45) is 0 Å². The molecule has 0 saturated heterocycles. The van der Waals surface area contributed by atoms with Gasteiger partial charge in [0, 0.05) is 12.1 Å². The van der Waals surface area contributed by atoms with Crippen LogP contribution < -0.4 is 4.74 Å². The lowest BCUT2D eigenvalue weighted by Gasteiger charge is -2.22. The molecule has 0 radical (unpaired) electrons. The lowest BCUT2D eigenvalue weighted by atomic mass is 9.98. The Kier molecular flexibility index (Phi) is 3.39. The molecule has 0 spiro atoms. The maximum Gasteiger partial charge on any atom is 0.269 e. The van der Waals surface area contributed by atoms with E-state index in [4.69, 9.17) is 4.74 Å². The number of nitro groups is 1. The molecule has 2 rings (SSSR count). The molecule has 1 aliphatic rings. The minimum absolute atomic E-state index is 0.107. The number of hydrogen-bond donors (Lipinski definition) is 0. The van der Waals surface area contributed by atoms with Crippen molar-refractivity contribution in [2.45, 2.75) is 38.2 Å². The van der Waals surface area contributed by atoms with Gasteiger partial charge in [0.15, 0.2) is 0 Å². The average Bonchev–Trinajstić information content (AvgIpc) is 2.31. The third-order valence-corrected chi connectivity index (χ3v) is 2.90. The fourth-order valence-electron chi connectivity index (χ4n) is 2.02. The van der Waals surface area contributed by atoms with Crippen LogP contribution in [0.25, 0.3) is 0 Å². The molecule has 1 aliphatic carbocycles. The van der Waals surface area contributed by atoms with Crippen molar-refractivity contribution in [3.05, 3.63) is 34.4 Å². The molecule has 0 heterocycles. The van der Waals surface area contributed by atoms with Gasteiger partial charge in [-0.3, -0.25) is 10.1 Å². The molecule has 1 saturated carbocycles. The maximum absolute atomic E-state index is 10.5. The van der Waals surface area contributed by atoms with E-state index >= 15 is 0 Å². The normalized spacial score (nSPS) is 17.0. The lowest BCUT2D eigenvalue weighted by Crippen LogP contribution is -2.19. The molecule has 1 aromatic rings. The molecule has 0 atom stereocenters. The Balaban J connectivity index is 1.96. The number of hydrogen-bond acceptors (Lipinski definition) is 3. The number of benzene rings is 1. The minimum Gasteiger partial charge on any atom is -0.490 e. The second kappa shape index (κ2) is 4.96. The van der Waals surface area contributed by atoms with Crippen LogP contribution in [0, 0.1) is 10.1 Å². The van der Waals surface area contributed by atoms with E-state index in [0.29, 0.717) is 0 Å². The van der Waals surface area contributed by atoms with Gasteiger partial charge in [0.05, 0.1) is 11.0 Å². The van der Waals surface area contributed by atoms with Crippen LogP contribution in [-0.2, 0) is 0 Å². The summed E-state index contributed by atoms with van der Waals surface area (Å²) in [5.41, 5.74) is 0.107. The molecule has 1 aromatic carbocycles. The minimum atomic E-state index is -0.398. The molecule has 0 bridgehead atoms. The Bertz CT molecular complexity index is 355. The van der Waals surface area contributed by atoms with Crippen LogP contribution in [0.15, 0.2) is 24.3 Å². The first-order chi connectivity index (χ1) is 7.75. The van der Waals surface area contributed by atoms with Gasteiger partial charge in [-0.15, -0.1) is 0 Å². The third kappa shape index (κ3) is 2.72. The van der Waals surface area contributed by atoms with Crippen molar-refractivity contribution < 1.29 is 9.66 Å². The number of nitro benzene ring substituents is 1. The van der Waals surface area contributed by atoms with E-state index in [1.165, 1.54) is 31.4 Å². The summed E-state index contributed by atoms with van der Waals surface area (Å²) in [6.45, 7) is 0. The fourth-order valence-corrected chi connectivity index (χ4v) is 2.02. The molecule has 1 fully saturated rings. The van der Waals surface area contributed by atoms with Crippen molar-refractivity contribution >= 4 is 5.69 Å². The number of ether oxygens (including phenoxy) is 1. The van der Waals surface area contributed by atoms with E-state index in [-0.39, 0.29) is 11.8 Å². The fraction of sp³-hybridized carbons (Fsp3) is 0.500. The molecule has 0 unspecified atom stereocenters. The van der Waals surface area contributed by atoms with Crippen LogP contribution >= 0.6 is 0 Å². The summed E-state index contributed by atoms with van der Waals surface area (Å²) in [5, 5.41) is 10.5. The Morgan fingerprint density at radius 2 is 1.75 bits per heavy atom. The number of nitrogens with zero attached hydrogens (tertiary/aromatic N) is 1. The Hall–Kier alpha value is -1.58. The molecule has 16 heavy (non-hydrogen) atoms. The highest BCUT2D eigenvalue weighted by Gasteiger charge is 2.15. The van der Waals surface area contributed by atoms with Crippen molar-refractivity contribution in [1.29, 1.82) is 0 Å². The second-order valence-corrected chi connectivity index (χ2v) is 4.13. The third-order valence-electron chi connectivity index (χ3n) is 2.90. The molecular weight excluding hydrogens is 206 g/mol. The topological polar surface area (TPSA) is 52.4 Å². The highest BCUT2D eigenvalue weighted by molar-refractivity contribution is 5.36. The summed E-state index contributed by atoms with van der Waals surface area (Å²) in [4.78, 5) is 10.1. The van der Waals surface area contributed by atoms with Crippen molar-refractivity contribution in [1.82, 2.24) is 0 Å². The van der Waals surface area contributed by atoms with Crippen LogP contribution in [0.3, 0.4) is 0 Å². The summed E-state index contributed by atoms with van der Waals surface area (Å²) < 4.78 is 5.77. The quantitative estimate of drug-likeness (QED) is 0.581. The molecule has 0 amide bonds.